The van der Waals surface area contributed by atoms with Crippen LogP contribution in [0.4, 0.5) is 15.4 Å². The zero-order valence-corrected chi connectivity index (χ0v) is 26.2. The van der Waals surface area contributed by atoms with Gasteiger partial charge in [-0.2, -0.15) is 0 Å². The van der Waals surface area contributed by atoms with Crippen molar-refractivity contribution in [3.8, 4) is 10.4 Å². The van der Waals surface area contributed by atoms with Gasteiger partial charge in [-0.25, -0.2) is 19.6 Å². The summed E-state index contributed by atoms with van der Waals surface area (Å²) >= 11 is 7.99. The molecule has 10 nitrogen and oxygen atoms in total. The second-order valence-corrected chi connectivity index (χ2v) is 13.0. The minimum atomic E-state index is -0.554. The molecule has 1 aromatic carbocycles. The van der Waals surface area contributed by atoms with Gasteiger partial charge >= 0.3 is 12.1 Å². The number of nitrogens with zero attached hydrogens (tertiary/aromatic N) is 5. The lowest BCUT2D eigenvalue weighted by Gasteiger charge is -2.30. The van der Waals surface area contributed by atoms with Crippen LogP contribution in [0.5, 0.6) is 0 Å². The number of carbonyl (C=O) groups is 2. The number of urea groups is 1. The fraction of sp³-hybridized carbons (Fsp3) is 0.467. The first-order valence-electron chi connectivity index (χ1n) is 14.0. The van der Waals surface area contributed by atoms with Crippen molar-refractivity contribution < 1.29 is 19.1 Å². The molecule has 0 saturated carbocycles. The highest BCUT2D eigenvalue weighted by Crippen LogP contribution is 2.36. The number of amides is 3. The normalized spacial score (nSPS) is 15.8. The molecule has 1 atom stereocenters. The minimum Gasteiger partial charge on any atom is -0.444 e. The van der Waals surface area contributed by atoms with Crippen molar-refractivity contribution in [3.63, 3.8) is 0 Å². The molecule has 4 heterocycles. The summed E-state index contributed by atoms with van der Waals surface area (Å²) in [7, 11) is 1.75. The van der Waals surface area contributed by atoms with Crippen LogP contribution >= 0.6 is 22.9 Å². The first kappa shape index (κ1) is 30.1. The fourth-order valence-electron chi connectivity index (χ4n) is 5.00. The van der Waals surface area contributed by atoms with Crippen molar-refractivity contribution in [2.45, 2.75) is 59.0 Å². The van der Waals surface area contributed by atoms with Crippen molar-refractivity contribution in [1.29, 1.82) is 0 Å². The molecule has 2 aliphatic heterocycles. The molecule has 0 aliphatic carbocycles. The van der Waals surface area contributed by atoms with Gasteiger partial charge < -0.3 is 29.5 Å². The molecule has 0 radical (unpaired) electrons. The molecule has 1 fully saturated rings. The van der Waals surface area contributed by atoms with Gasteiger partial charge in [0.15, 0.2) is 0 Å². The highest BCUT2D eigenvalue weighted by molar-refractivity contribution is 7.15. The Morgan fingerprint density at radius 1 is 1.12 bits per heavy atom. The average molecular weight is 613 g/mol. The number of rotatable bonds is 6. The highest BCUT2D eigenvalue weighted by atomic mass is 35.5. The van der Waals surface area contributed by atoms with E-state index in [4.69, 9.17) is 21.1 Å². The highest BCUT2D eigenvalue weighted by Gasteiger charge is 2.32. The van der Waals surface area contributed by atoms with Crippen LogP contribution < -0.4 is 5.32 Å². The van der Waals surface area contributed by atoms with Gasteiger partial charge in [0.2, 0.25) is 5.28 Å². The maximum Gasteiger partial charge on any atom is 0.410 e. The van der Waals surface area contributed by atoms with E-state index in [2.05, 4.69) is 40.4 Å². The minimum absolute atomic E-state index is 0.0229. The van der Waals surface area contributed by atoms with Gasteiger partial charge in [0, 0.05) is 42.0 Å². The average Bonchev–Trinajstić information content (AvgIpc) is 3.60. The molecule has 1 unspecified atom stereocenters. The van der Waals surface area contributed by atoms with E-state index in [0.29, 0.717) is 51.8 Å². The first-order valence-corrected chi connectivity index (χ1v) is 15.2. The predicted molar refractivity (Wildman–Crippen MR) is 164 cm³/mol. The predicted octanol–water partition coefficient (Wildman–Crippen LogP) is 6.17. The number of ether oxygens (including phenoxy) is 2. The number of thiophene rings is 1. The van der Waals surface area contributed by atoms with Crippen molar-refractivity contribution in [3.05, 3.63) is 63.4 Å². The number of benzene rings is 1. The monoisotopic (exact) mass is 612 g/mol. The summed E-state index contributed by atoms with van der Waals surface area (Å²) in [6.07, 6.45) is -0.358. The molecular formula is C30H37ClN6O4S. The molecule has 0 spiro atoms. The summed E-state index contributed by atoms with van der Waals surface area (Å²) in [5.41, 5.74) is 3.20. The van der Waals surface area contributed by atoms with Gasteiger partial charge in [0.05, 0.1) is 38.0 Å². The number of fused-ring (bicyclic) bond motifs is 1. The number of halogens is 1. The molecule has 1 saturated heterocycles. The fourth-order valence-corrected chi connectivity index (χ4v) is 6.26. The Balaban J connectivity index is 1.29. The second-order valence-electron chi connectivity index (χ2n) is 11.6. The van der Waals surface area contributed by atoms with Crippen LogP contribution in [0, 0.1) is 0 Å². The molecule has 2 aliphatic rings. The van der Waals surface area contributed by atoms with Gasteiger partial charge in [0.25, 0.3) is 0 Å². The van der Waals surface area contributed by atoms with Crippen molar-refractivity contribution in [2.75, 3.05) is 38.7 Å². The van der Waals surface area contributed by atoms with E-state index in [9.17, 15) is 9.59 Å². The standard InChI is InChI=1S/C30H37ClN6O4S/c1-19(32-26-22-17-37(18-23(22)33-27(31)34-26)28(38)36-12-14-40-15-13-36)24-10-11-25(42-24)21-9-7-6-8-20(21)16-35(5)29(39)41-30(2,3)4/h6-11,19H,12-18H2,1-5H3,(H,32,33,34). The van der Waals surface area contributed by atoms with Crippen molar-refractivity contribution in [1.82, 2.24) is 24.7 Å². The van der Waals surface area contributed by atoms with Gasteiger partial charge in [-0.15, -0.1) is 11.3 Å². The van der Waals surface area contributed by atoms with Gasteiger partial charge in [-0.05, 0) is 62.6 Å². The zero-order valence-electron chi connectivity index (χ0n) is 24.6. The van der Waals surface area contributed by atoms with E-state index in [1.807, 2.05) is 43.9 Å². The summed E-state index contributed by atoms with van der Waals surface area (Å²) in [4.78, 5) is 42.0. The molecule has 3 amide bonds. The molecular weight excluding hydrogens is 576 g/mol. The van der Waals surface area contributed by atoms with Crippen LogP contribution in [0.1, 0.15) is 55.4 Å². The number of hydrogen-bond acceptors (Lipinski definition) is 8. The van der Waals surface area contributed by atoms with E-state index in [1.54, 1.807) is 28.2 Å². The third kappa shape index (κ3) is 6.96. The number of anilines is 1. The zero-order chi connectivity index (χ0) is 30.0. The molecule has 5 rings (SSSR count). The molecule has 1 N–H and O–H groups in total. The second kappa shape index (κ2) is 12.4. The maximum atomic E-state index is 13.1. The number of nitrogens with one attached hydrogen (secondary N) is 1. The number of hydrogen-bond donors (Lipinski definition) is 1. The van der Waals surface area contributed by atoms with E-state index >= 15 is 0 Å². The lowest BCUT2D eigenvalue weighted by atomic mass is 10.1. The lowest BCUT2D eigenvalue weighted by molar-refractivity contribution is 0.0285. The third-order valence-corrected chi connectivity index (χ3v) is 8.58. The summed E-state index contributed by atoms with van der Waals surface area (Å²) in [6.45, 7) is 11.2. The summed E-state index contributed by atoms with van der Waals surface area (Å²) < 4.78 is 10.9. The van der Waals surface area contributed by atoms with Crippen LogP contribution in [0.25, 0.3) is 10.4 Å². The van der Waals surface area contributed by atoms with Crippen molar-refractivity contribution >= 4 is 40.9 Å². The first-order chi connectivity index (χ1) is 20.0. The van der Waals surface area contributed by atoms with E-state index in [0.717, 1.165) is 32.1 Å². The van der Waals surface area contributed by atoms with Gasteiger partial charge in [0.1, 0.15) is 11.4 Å². The molecule has 2 aromatic heterocycles. The lowest BCUT2D eigenvalue weighted by Crippen LogP contribution is -2.46. The van der Waals surface area contributed by atoms with Gasteiger partial charge in [-0.3, -0.25) is 0 Å². The Hall–Kier alpha value is -3.41. The topological polar surface area (TPSA) is 100 Å². The third-order valence-electron chi connectivity index (χ3n) is 7.11. The van der Waals surface area contributed by atoms with Crippen molar-refractivity contribution in [2.24, 2.45) is 0 Å². The molecule has 42 heavy (non-hydrogen) atoms. The molecule has 12 heteroatoms. The number of morpholine rings is 1. The number of carbonyl (C=O) groups excluding carboxylic acids is 2. The van der Waals surface area contributed by atoms with Crippen LogP contribution in [-0.2, 0) is 29.1 Å². The van der Waals surface area contributed by atoms with Gasteiger partial charge in [-0.1, -0.05) is 24.3 Å². The Kier molecular flexibility index (Phi) is 8.91. The molecule has 3 aromatic rings. The van der Waals surface area contributed by atoms with E-state index in [1.165, 1.54) is 0 Å². The smallest absolute Gasteiger partial charge is 0.410 e. The molecule has 0 bridgehead atoms. The van der Waals surface area contributed by atoms with Crippen LogP contribution in [0.3, 0.4) is 0 Å². The summed E-state index contributed by atoms with van der Waals surface area (Å²) in [5, 5.41) is 3.67. The summed E-state index contributed by atoms with van der Waals surface area (Å²) in [6, 6.07) is 12.2. The van der Waals surface area contributed by atoms with E-state index < -0.39 is 5.60 Å². The maximum absolute atomic E-state index is 13.1. The quantitative estimate of drug-likeness (QED) is 0.333. The summed E-state index contributed by atoms with van der Waals surface area (Å²) in [5.74, 6) is 0.643. The Morgan fingerprint density at radius 2 is 1.86 bits per heavy atom. The van der Waals surface area contributed by atoms with Crippen LogP contribution in [0.15, 0.2) is 36.4 Å². The van der Waals surface area contributed by atoms with E-state index in [-0.39, 0.29) is 23.4 Å². The van der Waals surface area contributed by atoms with Crippen LogP contribution in [-0.4, -0.2) is 75.7 Å². The Labute approximate surface area is 255 Å². The van der Waals surface area contributed by atoms with Crippen LogP contribution in [0.2, 0.25) is 5.28 Å². The Bertz CT molecular complexity index is 1450. The molecule has 224 valence electrons. The Morgan fingerprint density at radius 3 is 2.60 bits per heavy atom. The number of aromatic nitrogens is 2. The largest absolute Gasteiger partial charge is 0.444 e. The SMILES string of the molecule is CC(Nc1nc(Cl)nc2c1CN(C(=O)N1CCOCC1)C2)c1ccc(-c2ccccc2CN(C)C(=O)OC(C)(C)C)s1.